The highest BCUT2D eigenvalue weighted by molar-refractivity contribution is 9.09. The summed E-state index contributed by atoms with van der Waals surface area (Å²) in [6, 6.07) is 2.26. The minimum absolute atomic E-state index is 0.663. The van der Waals surface area contributed by atoms with Gasteiger partial charge in [0.2, 0.25) is 0 Å². The van der Waals surface area contributed by atoms with E-state index >= 15 is 0 Å². The number of pyridine rings is 1. The smallest absolute Gasteiger partial charge is 0.0303 e. The van der Waals surface area contributed by atoms with Crippen molar-refractivity contribution >= 4 is 15.9 Å². The minimum Gasteiger partial charge on any atom is -0.264 e. The van der Waals surface area contributed by atoms with Crippen molar-refractivity contribution in [3.63, 3.8) is 0 Å². The van der Waals surface area contributed by atoms with Crippen molar-refractivity contribution < 1.29 is 0 Å². The molecule has 1 aliphatic carbocycles. The molecule has 1 nitrogen and oxygen atoms in total. The minimum atomic E-state index is 0.663. The normalized spacial score (nSPS) is 27.8. The molecular weight excluding hydrogens is 226 g/mol. The SMILES string of the molecule is Cc1cncc(C2CCCC2Br)c1. The van der Waals surface area contributed by atoms with Gasteiger partial charge in [-0.3, -0.25) is 4.98 Å². The molecule has 0 N–H and O–H groups in total. The van der Waals surface area contributed by atoms with Crippen LogP contribution in [0.25, 0.3) is 0 Å². The van der Waals surface area contributed by atoms with Crippen molar-refractivity contribution in [2.45, 2.75) is 36.9 Å². The first-order valence-electron chi connectivity index (χ1n) is 4.83. The molecule has 2 atom stereocenters. The maximum absolute atomic E-state index is 4.24. The zero-order valence-electron chi connectivity index (χ0n) is 7.83. The first-order valence-corrected chi connectivity index (χ1v) is 5.74. The fourth-order valence-electron chi connectivity index (χ4n) is 2.07. The Hall–Kier alpha value is -0.370. The fraction of sp³-hybridized carbons (Fsp3) is 0.545. The summed E-state index contributed by atoms with van der Waals surface area (Å²) in [4.78, 5) is 4.91. The quantitative estimate of drug-likeness (QED) is 0.685. The number of hydrogen-bond donors (Lipinski definition) is 0. The molecule has 0 saturated heterocycles. The van der Waals surface area contributed by atoms with Crippen molar-refractivity contribution in [3.05, 3.63) is 29.6 Å². The third-order valence-corrected chi connectivity index (χ3v) is 3.85. The maximum atomic E-state index is 4.24. The van der Waals surface area contributed by atoms with Gasteiger partial charge in [-0.1, -0.05) is 28.4 Å². The van der Waals surface area contributed by atoms with E-state index in [9.17, 15) is 0 Å². The molecule has 0 bridgehead atoms. The Balaban J connectivity index is 2.24. The summed E-state index contributed by atoms with van der Waals surface area (Å²) in [5.74, 6) is 0.687. The van der Waals surface area contributed by atoms with Crippen LogP contribution in [0.2, 0.25) is 0 Å². The van der Waals surface area contributed by atoms with Crippen molar-refractivity contribution in [2.75, 3.05) is 0 Å². The number of alkyl halides is 1. The van der Waals surface area contributed by atoms with Gasteiger partial charge in [0, 0.05) is 17.2 Å². The van der Waals surface area contributed by atoms with Gasteiger partial charge in [0.1, 0.15) is 0 Å². The second-order valence-electron chi connectivity index (χ2n) is 3.85. The standard InChI is InChI=1S/C11H14BrN/c1-8-5-9(7-13-6-8)10-3-2-4-11(10)12/h5-7,10-11H,2-4H2,1H3. The van der Waals surface area contributed by atoms with Gasteiger partial charge in [0.25, 0.3) is 0 Å². The third-order valence-electron chi connectivity index (χ3n) is 2.76. The molecule has 70 valence electrons. The molecule has 13 heavy (non-hydrogen) atoms. The highest BCUT2D eigenvalue weighted by atomic mass is 79.9. The van der Waals surface area contributed by atoms with Gasteiger partial charge in [-0.25, -0.2) is 0 Å². The summed E-state index contributed by atoms with van der Waals surface area (Å²) in [5.41, 5.74) is 2.67. The van der Waals surface area contributed by atoms with Crippen LogP contribution in [0.3, 0.4) is 0 Å². The second-order valence-corrected chi connectivity index (χ2v) is 5.03. The average Bonchev–Trinajstić information content (AvgIpc) is 2.51. The van der Waals surface area contributed by atoms with Crippen LogP contribution >= 0.6 is 15.9 Å². The van der Waals surface area contributed by atoms with Crippen LogP contribution < -0.4 is 0 Å². The highest BCUT2D eigenvalue weighted by Crippen LogP contribution is 2.38. The molecule has 1 saturated carbocycles. The third kappa shape index (κ3) is 1.93. The first kappa shape index (κ1) is 9.20. The van der Waals surface area contributed by atoms with Crippen LogP contribution in [0, 0.1) is 6.92 Å². The van der Waals surface area contributed by atoms with E-state index in [0.717, 1.165) is 0 Å². The molecule has 0 spiro atoms. The maximum Gasteiger partial charge on any atom is 0.0303 e. The van der Waals surface area contributed by atoms with E-state index < -0.39 is 0 Å². The molecule has 1 aromatic heterocycles. The van der Waals surface area contributed by atoms with E-state index in [1.54, 1.807) is 0 Å². The molecule has 0 amide bonds. The van der Waals surface area contributed by atoms with Crippen LogP contribution in [0.5, 0.6) is 0 Å². The molecule has 2 unspecified atom stereocenters. The lowest BCUT2D eigenvalue weighted by Gasteiger charge is -2.13. The summed E-state index contributed by atoms with van der Waals surface area (Å²) in [6.45, 7) is 2.11. The van der Waals surface area contributed by atoms with Gasteiger partial charge >= 0.3 is 0 Å². The molecule has 0 aromatic carbocycles. The Morgan fingerprint density at radius 1 is 1.38 bits per heavy atom. The average molecular weight is 240 g/mol. The molecule has 1 aliphatic rings. The molecule has 1 heterocycles. The Morgan fingerprint density at radius 2 is 2.23 bits per heavy atom. The van der Waals surface area contributed by atoms with Gasteiger partial charge in [0.05, 0.1) is 0 Å². The first-order chi connectivity index (χ1) is 6.27. The lowest BCUT2D eigenvalue weighted by atomic mass is 9.98. The largest absolute Gasteiger partial charge is 0.264 e. The number of rotatable bonds is 1. The Morgan fingerprint density at radius 3 is 2.85 bits per heavy atom. The summed E-state index contributed by atoms with van der Waals surface area (Å²) in [7, 11) is 0. The second kappa shape index (κ2) is 3.79. The van der Waals surface area contributed by atoms with E-state index in [4.69, 9.17) is 0 Å². The van der Waals surface area contributed by atoms with Crippen molar-refractivity contribution in [3.8, 4) is 0 Å². The lowest BCUT2D eigenvalue weighted by Crippen LogP contribution is -2.04. The summed E-state index contributed by atoms with van der Waals surface area (Å²) < 4.78 is 0. The van der Waals surface area contributed by atoms with Gasteiger partial charge in [-0.2, -0.15) is 0 Å². The number of hydrogen-bond acceptors (Lipinski definition) is 1. The number of halogens is 1. The van der Waals surface area contributed by atoms with E-state index in [2.05, 4.69) is 33.9 Å². The molecule has 0 aliphatic heterocycles. The number of aromatic nitrogens is 1. The van der Waals surface area contributed by atoms with Crippen molar-refractivity contribution in [1.82, 2.24) is 4.98 Å². The molecule has 1 aromatic rings. The van der Waals surface area contributed by atoms with E-state index in [0.29, 0.717) is 10.7 Å². The molecule has 0 radical (unpaired) electrons. The summed E-state index contributed by atoms with van der Waals surface area (Å²) in [5, 5.41) is 0. The predicted molar refractivity (Wildman–Crippen MR) is 58.3 cm³/mol. The summed E-state index contributed by atoms with van der Waals surface area (Å²) in [6.07, 6.45) is 7.88. The van der Waals surface area contributed by atoms with Crippen LogP contribution in [-0.4, -0.2) is 9.81 Å². The van der Waals surface area contributed by atoms with Crippen LogP contribution in [-0.2, 0) is 0 Å². The van der Waals surface area contributed by atoms with Crippen molar-refractivity contribution in [1.29, 1.82) is 0 Å². The molecule has 2 rings (SSSR count). The zero-order valence-corrected chi connectivity index (χ0v) is 9.42. The number of aryl methyl sites for hydroxylation is 1. The van der Waals surface area contributed by atoms with E-state index in [-0.39, 0.29) is 0 Å². The van der Waals surface area contributed by atoms with Gasteiger partial charge < -0.3 is 0 Å². The monoisotopic (exact) mass is 239 g/mol. The molecule has 1 fully saturated rings. The van der Waals surface area contributed by atoms with Crippen LogP contribution in [0.4, 0.5) is 0 Å². The van der Waals surface area contributed by atoms with Crippen LogP contribution in [0.1, 0.15) is 36.3 Å². The number of nitrogens with zero attached hydrogens (tertiary/aromatic N) is 1. The van der Waals surface area contributed by atoms with E-state index in [1.807, 2.05) is 12.4 Å². The Kier molecular flexibility index (Phi) is 2.68. The Bertz CT molecular complexity index is 298. The Labute approximate surface area is 87.7 Å². The predicted octanol–water partition coefficient (Wildman–Crippen LogP) is 3.42. The van der Waals surface area contributed by atoms with Crippen LogP contribution in [0.15, 0.2) is 18.5 Å². The molecule has 2 heteroatoms. The fourth-order valence-corrected chi connectivity index (χ4v) is 2.96. The van der Waals surface area contributed by atoms with E-state index in [1.165, 1.54) is 30.4 Å². The zero-order chi connectivity index (χ0) is 9.26. The highest BCUT2D eigenvalue weighted by Gasteiger charge is 2.26. The van der Waals surface area contributed by atoms with Gasteiger partial charge in [-0.05, 0) is 36.8 Å². The topological polar surface area (TPSA) is 12.9 Å². The molecular formula is C11H14BrN. The van der Waals surface area contributed by atoms with Gasteiger partial charge in [-0.15, -0.1) is 0 Å². The van der Waals surface area contributed by atoms with Gasteiger partial charge in [0.15, 0.2) is 0 Å². The van der Waals surface area contributed by atoms with Crippen molar-refractivity contribution in [2.24, 2.45) is 0 Å². The summed E-state index contributed by atoms with van der Waals surface area (Å²) >= 11 is 3.74. The lowest BCUT2D eigenvalue weighted by molar-refractivity contribution is 0.737.